The van der Waals surface area contributed by atoms with Gasteiger partial charge in [0.15, 0.2) is 5.69 Å². The summed E-state index contributed by atoms with van der Waals surface area (Å²) in [5.41, 5.74) is -0.185. The van der Waals surface area contributed by atoms with Crippen molar-refractivity contribution in [3.8, 4) is 16.8 Å². The topological polar surface area (TPSA) is 150 Å². The lowest BCUT2D eigenvalue weighted by Gasteiger charge is -2.41. The Morgan fingerprint density at radius 1 is 1.39 bits per heavy atom. The fraction of sp³-hybridized carbons (Fsp3) is 0.353. The Balaban J connectivity index is 1.60. The fourth-order valence-corrected chi connectivity index (χ4v) is 5.62. The van der Waals surface area contributed by atoms with Gasteiger partial charge in [0.05, 0.1) is 17.3 Å². The number of aromatic nitrogens is 5. The number of aliphatic hydroxyl groups excluding tert-OH is 3. The van der Waals surface area contributed by atoms with Crippen molar-refractivity contribution in [2.75, 3.05) is 6.61 Å². The summed E-state index contributed by atoms with van der Waals surface area (Å²) in [6, 6.07) is 2.70. The Kier molecular flexibility index (Phi) is 6.89. The first-order valence-electron chi connectivity index (χ1n) is 8.79. The number of thioether (sulfide) groups is 1. The fourth-order valence-electron chi connectivity index (χ4n) is 3.07. The zero-order valence-electron chi connectivity index (χ0n) is 15.4. The average molecular weight is 546 g/mol. The van der Waals surface area contributed by atoms with Gasteiger partial charge in [0, 0.05) is 16.5 Å². The van der Waals surface area contributed by atoms with Crippen molar-refractivity contribution in [1.82, 2.24) is 25.0 Å². The predicted octanol–water partition coefficient (Wildman–Crippen LogP) is 1.86. The first kappa shape index (κ1) is 22.6. The minimum absolute atomic E-state index is 0.230. The van der Waals surface area contributed by atoms with Gasteiger partial charge in [-0.25, -0.2) is 14.6 Å². The molecular weight excluding hydrogens is 532 g/mol. The van der Waals surface area contributed by atoms with Gasteiger partial charge in [0.1, 0.15) is 51.7 Å². The van der Waals surface area contributed by atoms with E-state index in [0.29, 0.717) is 25.2 Å². The largest absolute Gasteiger partial charge is 0.394 e. The number of hydrogen-bond acceptors (Lipinski definition) is 11. The molecule has 4 heterocycles. The summed E-state index contributed by atoms with van der Waals surface area (Å²) in [6.45, 7) is -0.458. The normalized spacial score (nSPS) is 26.0. The van der Waals surface area contributed by atoms with Crippen molar-refractivity contribution < 1.29 is 20.1 Å². The highest BCUT2D eigenvalue weighted by atomic mass is 79.9. The first-order chi connectivity index (χ1) is 14.9. The van der Waals surface area contributed by atoms with E-state index in [-0.39, 0.29) is 5.69 Å². The molecule has 0 radical (unpaired) electrons. The molecule has 0 aromatic carbocycles. The Hall–Kier alpha value is -1.63. The summed E-state index contributed by atoms with van der Waals surface area (Å²) < 4.78 is 7.56. The highest BCUT2D eigenvalue weighted by Crippen LogP contribution is 2.39. The van der Waals surface area contributed by atoms with Gasteiger partial charge in [-0.15, -0.1) is 16.4 Å². The standard InChI is InChI=1S/C17H14BrClN6O4S2/c18-8-1-7(3-21-9(8)2-20)31-17-15(28)13(14(27)11(5-26)29-17)25-4-10(23-24-25)16-22-12(19)6-30-16/h1,3-4,6,11,13-15,17,26-28H,5H2/t11-,13+,14+,15-,17-/m1/s1. The van der Waals surface area contributed by atoms with E-state index in [1.54, 1.807) is 17.6 Å². The van der Waals surface area contributed by atoms with Crippen molar-refractivity contribution in [2.24, 2.45) is 0 Å². The number of ether oxygens (including phenoxy) is 1. The van der Waals surface area contributed by atoms with Gasteiger partial charge in [0.2, 0.25) is 0 Å². The van der Waals surface area contributed by atoms with Crippen LogP contribution in [0.2, 0.25) is 5.15 Å². The molecule has 0 saturated carbocycles. The lowest BCUT2D eigenvalue weighted by atomic mass is 9.97. The highest BCUT2D eigenvalue weighted by molar-refractivity contribution is 9.10. The van der Waals surface area contributed by atoms with E-state index in [0.717, 1.165) is 11.8 Å². The minimum Gasteiger partial charge on any atom is -0.394 e. The first-order valence-corrected chi connectivity index (χ1v) is 11.7. The number of hydrogen-bond donors (Lipinski definition) is 3. The maximum atomic E-state index is 11.0. The van der Waals surface area contributed by atoms with Crippen LogP contribution in [0, 0.1) is 11.3 Å². The number of halogens is 2. The number of rotatable bonds is 5. The third-order valence-electron chi connectivity index (χ3n) is 4.53. The second kappa shape index (κ2) is 9.47. The molecule has 5 atom stereocenters. The van der Waals surface area contributed by atoms with Gasteiger partial charge in [0.25, 0.3) is 0 Å². The summed E-state index contributed by atoms with van der Waals surface area (Å²) in [6.07, 6.45) is -0.364. The van der Waals surface area contributed by atoms with Crippen molar-refractivity contribution in [3.05, 3.63) is 39.2 Å². The van der Waals surface area contributed by atoms with Crippen LogP contribution < -0.4 is 0 Å². The molecule has 10 nitrogen and oxygen atoms in total. The number of pyridine rings is 1. The van der Waals surface area contributed by atoms with Crippen LogP contribution in [0.3, 0.4) is 0 Å². The molecular formula is C17H14BrClN6O4S2. The van der Waals surface area contributed by atoms with Crippen LogP contribution in [0.1, 0.15) is 11.7 Å². The van der Waals surface area contributed by atoms with Gasteiger partial charge < -0.3 is 20.1 Å². The van der Waals surface area contributed by atoms with Crippen molar-refractivity contribution in [2.45, 2.75) is 34.7 Å². The Bertz CT molecular complexity index is 1120. The van der Waals surface area contributed by atoms with Crippen LogP contribution in [0.5, 0.6) is 0 Å². The molecule has 4 rings (SSSR count). The monoisotopic (exact) mass is 544 g/mol. The molecule has 1 aliphatic heterocycles. The SMILES string of the molecule is N#Cc1ncc(S[C@H]2O[C@H](CO)[C@H](O)[C@H](n3cc(-c4nc(Cl)cs4)nn3)[C@H]2O)cc1Br. The van der Waals surface area contributed by atoms with E-state index in [1.807, 2.05) is 6.07 Å². The molecule has 3 aromatic rings. The van der Waals surface area contributed by atoms with Crippen molar-refractivity contribution in [3.63, 3.8) is 0 Å². The molecule has 1 fully saturated rings. The Labute approximate surface area is 197 Å². The Morgan fingerprint density at radius 3 is 2.84 bits per heavy atom. The minimum atomic E-state index is -1.24. The number of nitriles is 1. The van der Waals surface area contributed by atoms with Crippen LogP contribution in [-0.4, -0.2) is 70.6 Å². The lowest BCUT2D eigenvalue weighted by Crippen LogP contribution is -2.55. The molecule has 3 aromatic heterocycles. The molecule has 0 spiro atoms. The van der Waals surface area contributed by atoms with Crippen LogP contribution in [0.15, 0.2) is 33.2 Å². The molecule has 1 aliphatic rings. The maximum Gasteiger partial charge on any atom is 0.154 e. The van der Waals surface area contributed by atoms with Gasteiger partial charge in [-0.3, -0.25) is 0 Å². The molecule has 3 N–H and O–H groups in total. The summed E-state index contributed by atoms with van der Waals surface area (Å²) >= 11 is 11.6. The summed E-state index contributed by atoms with van der Waals surface area (Å²) in [7, 11) is 0. The van der Waals surface area contributed by atoms with Gasteiger partial charge in [-0.2, -0.15) is 5.26 Å². The molecule has 0 bridgehead atoms. The van der Waals surface area contributed by atoms with E-state index in [9.17, 15) is 15.3 Å². The molecule has 1 saturated heterocycles. The van der Waals surface area contributed by atoms with E-state index < -0.39 is 36.4 Å². The molecule has 162 valence electrons. The van der Waals surface area contributed by atoms with Gasteiger partial charge in [-0.05, 0) is 22.0 Å². The number of aliphatic hydroxyl groups is 3. The van der Waals surface area contributed by atoms with Crippen molar-refractivity contribution >= 4 is 50.6 Å². The maximum absolute atomic E-state index is 11.0. The summed E-state index contributed by atoms with van der Waals surface area (Å²) in [5.74, 6) is 0. The smallest absolute Gasteiger partial charge is 0.154 e. The average Bonchev–Trinajstić information content (AvgIpc) is 3.39. The predicted molar refractivity (Wildman–Crippen MR) is 115 cm³/mol. The second-order valence-electron chi connectivity index (χ2n) is 6.49. The number of nitrogens with zero attached hydrogens (tertiary/aromatic N) is 6. The quantitative estimate of drug-likeness (QED) is 0.433. The van der Waals surface area contributed by atoms with E-state index >= 15 is 0 Å². The molecule has 0 amide bonds. The van der Waals surface area contributed by atoms with Crippen LogP contribution in [0.4, 0.5) is 0 Å². The zero-order chi connectivity index (χ0) is 22.1. The highest BCUT2D eigenvalue weighted by Gasteiger charge is 2.46. The third kappa shape index (κ3) is 4.62. The summed E-state index contributed by atoms with van der Waals surface area (Å²) in [5, 5.41) is 51.0. The molecule has 31 heavy (non-hydrogen) atoms. The summed E-state index contributed by atoms with van der Waals surface area (Å²) in [4.78, 5) is 8.81. The third-order valence-corrected chi connectivity index (χ3v) is 7.44. The van der Waals surface area contributed by atoms with E-state index in [2.05, 4.69) is 36.2 Å². The van der Waals surface area contributed by atoms with Gasteiger partial charge >= 0.3 is 0 Å². The number of thiazole rings is 1. The molecule has 14 heteroatoms. The second-order valence-corrected chi connectivity index (χ2v) is 9.76. The zero-order valence-corrected chi connectivity index (χ0v) is 19.4. The van der Waals surface area contributed by atoms with Crippen molar-refractivity contribution in [1.29, 1.82) is 5.26 Å². The van der Waals surface area contributed by atoms with Gasteiger partial charge in [-0.1, -0.05) is 28.6 Å². The Morgan fingerprint density at radius 2 is 2.19 bits per heavy atom. The van der Waals surface area contributed by atoms with Crippen LogP contribution in [0.25, 0.3) is 10.7 Å². The molecule has 0 unspecified atom stereocenters. The van der Waals surface area contributed by atoms with Crippen LogP contribution >= 0.6 is 50.6 Å². The lowest BCUT2D eigenvalue weighted by molar-refractivity contribution is -0.178. The van der Waals surface area contributed by atoms with E-state index in [4.69, 9.17) is 21.6 Å². The van der Waals surface area contributed by atoms with Crippen LogP contribution in [-0.2, 0) is 4.74 Å². The molecule has 0 aliphatic carbocycles. The van der Waals surface area contributed by atoms with E-state index in [1.165, 1.54) is 22.2 Å².